The maximum Gasteiger partial charge on any atom is 0.407 e. The van der Waals surface area contributed by atoms with Gasteiger partial charge in [0.15, 0.2) is 0 Å². The number of nitrogens with one attached hydrogen (secondary N) is 1. The number of alkyl carbamates (subject to hydrolysis) is 1. The summed E-state index contributed by atoms with van der Waals surface area (Å²) in [6.07, 6.45) is -0.422. The summed E-state index contributed by atoms with van der Waals surface area (Å²) in [6, 6.07) is 5.07. The Morgan fingerprint density at radius 2 is 1.95 bits per heavy atom. The van der Waals surface area contributed by atoms with Crippen molar-refractivity contribution < 1.29 is 19.4 Å². The van der Waals surface area contributed by atoms with Gasteiger partial charge in [-0.3, -0.25) is 4.79 Å². The molecule has 1 atom stereocenters. The lowest BCUT2D eigenvalue weighted by Gasteiger charge is -2.23. The van der Waals surface area contributed by atoms with Crippen LogP contribution in [0.3, 0.4) is 0 Å². The number of amides is 1. The van der Waals surface area contributed by atoms with Crippen molar-refractivity contribution in [3.8, 4) is 0 Å². The molecule has 0 aliphatic carbocycles. The number of ether oxygens (including phenoxy) is 1. The average molecular weight is 437 g/mol. The Labute approximate surface area is 146 Å². The molecule has 0 heterocycles. The highest BCUT2D eigenvalue weighted by molar-refractivity contribution is 9.11. The van der Waals surface area contributed by atoms with Crippen molar-refractivity contribution in [1.29, 1.82) is 0 Å². The van der Waals surface area contributed by atoms with E-state index in [-0.39, 0.29) is 6.42 Å². The summed E-state index contributed by atoms with van der Waals surface area (Å²) in [5, 5.41) is 11.6. The van der Waals surface area contributed by atoms with Crippen LogP contribution in [-0.2, 0) is 16.0 Å². The van der Waals surface area contributed by atoms with Crippen molar-refractivity contribution >= 4 is 43.9 Å². The van der Waals surface area contributed by atoms with Gasteiger partial charge in [-0.25, -0.2) is 4.79 Å². The van der Waals surface area contributed by atoms with Gasteiger partial charge in [0.2, 0.25) is 0 Å². The Balaban J connectivity index is 2.82. The normalized spacial score (nSPS) is 12.6. The van der Waals surface area contributed by atoms with Crippen LogP contribution < -0.4 is 5.32 Å². The number of carbonyl (C=O) groups is 2. The molecule has 0 fully saturated rings. The van der Waals surface area contributed by atoms with E-state index in [0.29, 0.717) is 6.42 Å². The van der Waals surface area contributed by atoms with Crippen molar-refractivity contribution in [3.05, 3.63) is 32.7 Å². The van der Waals surface area contributed by atoms with Crippen LogP contribution in [0.5, 0.6) is 0 Å². The number of aliphatic carboxylic acids is 1. The number of benzene rings is 1. The molecular weight excluding hydrogens is 418 g/mol. The van der Waals surface area contributed by atoms with Gasteiger partial charge in [0.1, 0.15) is 5.60 Å². The van der Waals surface area contributed by atoms with Crippen molar-refractivity contribution in [3.63, 3.8) is 0 Å². The van der Waals surface area contributed by atoms with E-state index in [0.717, 1.165) is 14.5 Å². The molecule has 122 valence electrons. The van der Waals surface area contributed by atoms with Crippen molar-refractivity contribution in [2.75, 3.05) is 0 Å². The maximum absolute atomic E-state index is 11.8. The van der Waals surface area contributed by atoms with E-state index in [9.17, 15) is 9.59 Å². The fourth-order valence-electron chi connectivity index (χ4n) is 1.82. The highest BCUT2D eigenvalue weighted by Crippen LogP contribution is 2.23. The molecule has 1 aromatic rings. The van der Waals surface area contributed by atoms with E-state index in [2.05, 4.69) is 37.2 Å². The van der Waals surface area contributed by atoms with Crippen molar-refractivity contribution in [1.82, 2.24) is 5.32 Å². The van der Waals surface area contributed by atoms with Crippen molar-refractivity contribution in [2.24, 2.45) is 0 Å². The molecule has 0 bridgehead atoms. The molecule has 0 aromatic heterocycles. The second-order valence-corrected chi connectivity index (χ2v) is 7.65. The number of halogens is 2. The fourth-order valence-corrected chi connectivity index (χ4v) is 2.64. The van der Waals surface area contributed by atoms with Crippen LogP contribution in [0.1, 0.15) is 32.8 Å². The molecule has 22 heavy (non-hydrogen) atoms. The molecule has 1 unspecified atom stereocenters. The molecule has 5 nitrogen and oxygen atoms in total. The van der Waals surface area contributed by atoms with Gasteiger partial charge >= 0.3 is 12.1 Å². The fraction of sp³-hybridized carbons (Fsp3) is 0.467. The van der Waals surface area contributed by atoms with Gasteiger partial charge in [-0.2, -0.15) is 0 Å². The summed E-state index contributed by atoms with van der Waals surface area (Å²) >= 11 is 6.81. The monoisotopic (exact) mass is 435 g/mol. The predicted molar refractivity (Wildman–Crippen MR) is 91.0 cm³/mol. The van der Waals surface area contributed by atoms with Gasteiger partial charge in [0.05, 0.1) is 6.42 Å². The lowest BCUT2D eigenvalue weighted by atomic mass is 10.0. The first-order valence-electron chi connectivity index (χ1n) is 6.72. The zero-order chi connectivity index (χ0) is 16.9. The van der Waals surface area contributed by atoms with Crippen molar-refractivity contribution in [2.45, 2.75) is 45.3 Å². The number of carboxylic acid groups (broad SMARTS) is 1. The van der Waals surface area contributed by atoms with Gasteiger partial charge in [-0.1, -0.05) is 31.9 Å². The minimum atomic E-state index is -0.979. The van der Waals surface area contributed by atoms with Crippen LogP contribution in [0.15, 0.2) is 27.1 Å². The number of carboxylic acids is 1. The first-order valence-corrected chi connectivity index (χ1v) is 8.30. The van der Waals surface area contributed by atoms with Gasteiger partial charge in [-0.05, 0) is 51.0 Å². The topological polar surface area (TPSA) is 75.6 Å². The van der Waals surface area contributed by atoms with E-state index < -0.39 is 23.7 Å². The smallest absolute Gasteiger partial charge is 0.407 e. The molecule has 0 saturated heterocycles. The zero-order valence-electron chi connectivity index (χ0n) is 12.7. The van der Waals surface area contributed by atoms with E-state index in [1.165, 1.54) is 0 Å². The number of hydrogen-bond donors (Lipinski definition) is 2. The molecule has 0 aliphatic rings. The van der Waals surface area contributed by atoms with Gasteiger partial charge < -0.3 is 15.2 Å². The number of carbonyl (C=O) groups excluding carboxylic acids is 1. The molecule has 7 heteroatoms. The Morgan fingerprint density at radius 3 is 2.50 bits per heavy atom. The lowest BCUT2D eigenvalue weighted by Crippen LogP contribution is -2.41. The number of hydrogen-bond acceptors (Lipinski definition) is 3. The molecule has 1 amide bonds. The van der Waals surface area contributed by atoms with Crippen LogP contribution >= 0.6 is 31.9 Å². The third-order valence-electron chi connectivity index (χ3n) is 2.62. The van der Waals surface area contributed by atoms with Gasteiger partial charge in [0, 0.05) is 15.0 Å². The van der Waals surface area contributed by atoms with Crippen LogP contribution in [-0.4, -0.2) is 28.8 Å². The molecule has 2 N–H and O–H groups in total. The standard InChI is InChI=1S/C15H19Br2NO4/c1-15(2,3)22-14(21)18-11(8-13(19)20)7-9-6-10(16)4-5-12(9)17/h4-6,11H,7-8H2,1-3H3,(H,18,21)(H,19,20). The summed E-state index contributed by atoms with van der Waals surface area (Å²) in [4.78, 5) is 22.9. The molecule has 0 saturated carbocycles. The highest BCUT2D eigenvalue weighted by atomic mass is 79.9. The van der Waals surface area contributed by atoms with E-state index in [1.807, 2.05) is 18.2 Å². The van der Waals surface area contributed by atoms with Crippen LogP contribution in [0, 0.1) is 0 Å². The molecule has 0 spiro atoms. The van der Waals surface area contributed by atoms with Gasteiger partial charge in [-0.15, -0.1) is 0 Å². The largest absolute Gasteiger partial charge is 0.481 e. The van der Waals surface area contributed by atoms with E-state index >= 15 is 0 Å². The summed E-state index contributed by atoms with van der Waals surface area (Å²) in [5.74, 6) is -0.979. The zero-order valence-corrected chi connectivity index (χ0v) is 15.8. The van der Waals surface area contributed by atoms with Crippen LogP contribution in [0.4, 0.5) is 4.79 Å². The lowest BCUT2D eigenvalue weighted by molar-refractivity contribution is -0.137. The summed E-state index contributed by atoms with van der Waals surface area (Å²) in [5.41, 5.74) is 0.269. The minimum Gasteiger partial charge on any atom is -0.481 e. The predicted octanol–water partition coefficient (Wildman–Crippen LogP) is 4.12. The Hall–Kier alpha value is -1.08. The SMILES string of the molecule is CC(C)(C)OC(=O)NC(CC(=O)O)Cc1cc(Br)ccc1Br. The molecule has 0 aliphatic heterocycles. The van der Waals surface area contributed by atoms with E-state index in [4.69, 9.17) is 9.84 Å². The Morgan fingerprint density at radius 1 is 1.32 bits per heavy atom. The second-order valence-electron chi connectivity index (χ2n) is 5.88. The molecule has 1 aromatic carbocycles. The highest BCUT2D eigenvalue weighted by Gasteiger charge is 2.22. The average Bonchev–Trinajstić information content (AvgIpc) is 2.30. The Kier molecular flexibility index (Phi) is 6.87. The molecular formula is C15H19Br2NO4. The maximum atomic E-state index is 11.8. The van der Waals surface area contributed by atoms with E-state index in [1.54, 1.807) is 20.8 Å². The third kappa shape index (κ3) is 7.26. The first-order chi connectivity index (χ1) is 10.1. The molecule has 1 rings (SSSR count). The van der Waals surface area contributed by atoms with Gasteiger partial charge in [0.25, 0.3) is 0 Å². The van der Waals surface area contributed by atoms with Crippen LogP contribution in [0.25, 0.3) is 0 Å². The summed E-state index contributed by atoms with van der Waals surface area (Å²) < 4.78 is 6.92. The minimum absolute atomic E-state index is 0.182. The Bertz CT molecular complexity index is 555. The number of rotatable bonds is 5. The summed E-state index contributed by atoms with van der Waals surface area (Å²) in [7, 11) is 0. The molecule has 0 radical (unpaired) electrons. The summed E-state index contributed by atoms with van der Waals surface area (Å²) in [6.45, 7) is 5.26. The van der Waals surface area contributed by atoms with Crippen LogP contribution in [0.2, 0.25) is 0 Å². The second kappa shape index (κ2) is 7.97. The first kappa shape index (κ1) is 19.0. The quantitative estimate of drug-likeness (QED) is 0.727. The third-order valence-corrected chi connectivity index (χ3v) is 3.88.